The predicted molar refractivity (Wildman–Crippen MR) is 83.3 cm³/mol. The van der Waals surface area contributed by atoms with Gasteiger partial charge in [0.25, 0.3) is 0 Å². The predicted octanol–water partition coefficient (Wildman–Crippen LogP) is 2.76. The Morgan fingerprint density at radius 3 is 2.90 bits per heavy atom. The van der Waals surface area contributed by atoms with E-state index in [1.807, 2.05) is 43.9 Å². The highest BCUT2D eigenvalue weighted by Crippen LogP contribution is 2.28. The van der Waals surface area contributed by atoms with Gasteiger partial charge < -0.3 is 10.2 Å². The molecule has 3 aromatic heterocycles. The first-order valence-corrected chi connectivity index (χ1v) is 7.20. The smallest absolute Gasteiger partial charge is 0.225 e. The Morgan fingerprint density at radius 2 is 2.15 bits per heavy atom. The number of nitrogens with zero attached hydrogens (tertiary/aromatic N) is 4. The number of nitrogens with one attached hydrogen (secondary N) is 1. The number of rotatable bonds is 4. The fourth-order valence-corrected chi connectivity index (χ4v) is 2.81. The zero-order valence-electron chi connectivity index (χ0n) is 11.4. The van der Waals surface area contributed by atoms with Crippen LogP contribution < -0.4 is 10.2 Å². The third-order valence-corrected chi connectivity index (χ3v) is 3.82. The maximum atomic E-state index is 4.57. The molecule has 3 rings (SSSR count). The fraction of sp³-hybridized carbons (Fsp3) is 0.214. The second-order valence-electron chi connectivity index (χ2n) is 4.44. The van der Waals surface area contributed by atoms with Gasteiger partial charge in [0.15, 0.2) is 0 Å². The lowest BCUT2D eigenvalue weighted by Crippen LogP contribution is -2.19. The minimum atomic E-state index is 0.642. The third-order valence-electron chi connectivity index (χ3n) is 3.02. The summed E-state index contributed by atoms with van der Waals surface area (Å²) in [6.07, 6.45) is 1.81. The molecule has 3 aromatic rings. The van der Waals surface area contributed by atoms with Crippen LogP contribution in [0.2, 0.25) is 0 Å². The lowest BCUT2D eigenvalue weighted by molar-refractivity contribution is 0.869. The van der Waals surface area contributed by atoms with E-state index in [1.165, 1.54) is 0 Å². The molecule has 0 unspecified atom stereocenters. The first-order chi connectivity index (χ1) is 9.78. The average molecular weight is 285 g/mol. The van der Waals surface area contributed by atoms with Gasteiger partial charge in [0, 0.05) is 20.3 Å². The second-order valence-corrected chi connectivity index (χ2v) is 5.33. The van der Waals surface area contributed by atoms with Crippen molar-refractivity contribution in [3.8, 4) is 0 Å². The van der Waals surface area contributed by atoms with Gasteiger partial charge >= 0.3 is 0 Å². The first-order valence-electron chi connectivity index (χ1n) is 6.32. The molecule has 0 aromatic carbocycles. The van der Waals surface area contributed by atoms with Crippen LogP contribution in [0.15, 0.2) is 35.8 Å². The minimum Gasteiger partial charge on any atom is -0.357 e. The summed E-state index contributed by atoms with van der Waals surface area (Å²) < 4.78 is 0. The van der Waals surface area contributed by atoms with Crippen molar-refractivity contribution in [1.82, 2.24) is 15.0 Å². The number of thiophene rings is 1. The van der Waals surface area contributed by atoms with E-state index in [0.29, 0.717) is 12.5 Å². The SMILES string of the molecule is CNc1nc(N(C)Cc2ccccn2)c2ccsc2n1. The minimum absolute atomic E-state index is 0.642. The molecule has 0 saturated heterocycles. The van der Waals surface area contributed by atoms with Gasteiger partial charge in [-0.15, -0.1) is 11.3 Å². The summed E-state index contributed by atoms with van der Waals surface area (Å²) >= 11 is 1.62. The summed E-state index contributed by atoms with van der Waals surface area (Å²) in [5.74, 6) is 1.56. The van der Waals surface area contributed by atoms with Crippen LogP contribution in [0.3, 0.4) is 0 Å². The van der Waals surface area contributed by atoms with Gasteiger partial charge in [0.05, 0.1) is 17.6 Å². The summed E-state index contributed by atoms with van der Waals surface area (Å²) in [7, 11) is 3.85. The zero-order valence-corrected chi connectivity index (χ0v) is 12.2. The molecule has 5 nitrogen and oxygen atoms in total. The van der Waals surface area contributed by atoms with Gasteiger partial charge in [0.1, 0.15) is 10.6 Å². The van der Waals surface area contributed by atoms with Crippen LogP contribution in [0.5, 0.6) is 0 Å². The second kappa shape index (κ2) is 5.42. The molecule has 0 amide bonds. The average Bonchev–Trinajstić information content (AvgIpc) is 2.95. The molecule has 0 saturated carbocycles. The highest BCUT2D eigenvalue weighted by molar-refractivity contribution is 7.16. The number of pyridine rings is 1. The standard InChI is InChI=1S/C14H15N5S/c1-15-14-17-12(11-6-8-20-13(11)18-14)19(2)9-10-5-3-4-7-16-10/h3-8H,9H2,1-2H3,(H,15,17,18). The molecule has 0 bridgehead atoms. The molecular weight excluding hydrogens is 270 g/mol. The van der Waals surface area contributed by atoms with Crippen LogP contribution in [0, 0.1) is 0 Å². The Bertz CT molecular complexity index is 710. The van der Waals surface area contributed by atoms with Crippen LogP contribution in [-0.4, -0.2) is 29.0 Å². The van der Waals surface area contributed by atoms with Crippen molar-refractivity contribution in [2.45, 2.75) is 6.54 Å². The Kier molecular flexibility index (Phi) is 3.47. The van der Waals surface area contributed by atoms with E-state index in [2.05, 4.69) is 31.2 Å². The molecule has 0 radical (unpaired) electrons. The first kappa shape index (κ1) is 12.8. The van der Waals surface area contributed by atoms with Crippen molar-refractivity contribution in [2.75, 3.05) is 24.3 Å². The van der Waals surface area contributed by atoms with E-state index in [-0.39, 0.29) is 0 Å². The van der Waals surface area contributed by atoms with Crippen molar-refractivity contribution in [3.63, 3.8) is 0 Å². The molecule has 6 heteroatoms. The van der Waals surface area contributed by atoms with E-state index in [1.54, 1.807) is 11.3 Å². The Morgan fingerprint density at radius 1 is 1.25 bits per heavy atom. The molecule has 0 spiro atoms. The number of fused-ring (bicyclic) bond motifs is 1. The van der Waals surface area contributed by atoms with Gasteiger partial charge in [-0.25, -0.2) is 4.98 Å². The summed E-state index contributed by atoms with van der Waals surface area (Å²) in [6.45, 7) is 0.714. The highest BCUT2D eigenvalue weighted by atomic mass is 32.1. The van der Waals surface area contributed by atoms with Gasteiger partial charge in [-0.3, -0.25) is 4.98 Å². The maximum absolute atomic E-state index is 4.57. The maximum Gasteiger partial charge on any atom is 0.225 e. The number of hydrogen-bond acceptors (Lipinski definition) is 6. The molecule has 0 aliphatic carbocycles. The molecule has 102 valence electrons. The van der Waals surface area contributed by atoms with Gasteiger partial charge in [0.2, 0.25) is 5.95 Å². The zero-order chi connectivity index (χ0) is 13.9. The van der Waals surface area contributed by atoms with Crippen molar-refractivity contribution in [3.05, 3.63) is 41.5 Å². The van der Waals surface area contributed by atoms with Gasteiger partial charge in [-0.2, -0.15) is 4.98 Å². The third kappa shape index (κ3) is 2.42. The summed E-state index contributed by atoms with van der Waals surface area (Å²) in [4.78, 5) is 16.5. The topological polar surface area (TPSA) is 53.9 Å². The Hall–Kier alpha value is -2.21. The number of anilines is 2. The molecule has 1 N–H and O–H groups in total. The number of aromatic nitrogens is 3. The lowest BCUT2D eigenvalue weighted by Gasteiger charge is -2.19. The van der Waals surface area contributed by atoms with Crippen molar-refractivity contribution < 1.29 is 0 Å². The molecule has 20 heavy (non-hydrogen) atoms. The van der Waals surface area contributed by atoms with E-state index in [4.69, 9.17) is 0 Å². The molecule has 0 aliphatic heterocycles. The monoisotopic (exact) mass is 285 g/mol. The lowest BCUT2D eigenvalue weighted by atomic mass is 10.3. The quantitative estimate of drug-likeness (QED) is 0.799. The summed E-state index contributed by atoms with van der Waals surface area (Å²) in [5, 5.41) is 6.13. The fourth-order valence-electron chi connectivity index (χ4n) is 2.05. The molecule has 0 atom stereocenters. The van der Waals surface area contributed by atoms with E-state index < -0.39 is 0 Å². The van der Waals surface area contributed by atoms with Crippen LogP contribution >= 0.6 is 11.3 Å². The summed E-state index contributed by atoms with van der Waals surface area (Å²) in [6, 6.07) is 7.99. The molecule has 0 aliphatic rings. The molecular formula is C14H15N5S. The largest absolute Gasteiger partial charge is 0.357 e. The van der Waals surface area contributed by atoms with Crippen LogP contribution in [0.4, 0.5) is 11.8 Å². The van der Waals surface area contributed by atoms with Crippen LogP contribution in [0.1, 0.15) is 5.69 Å². The van der Waals surface area contributed by atoms with Gasteiger partial charge in [-0.1, -0.05) is 6.07 Å². The highest BCUT2D eigenvalue weighted by Gasteiger charge is 2.12. The van der Waals surface area contributed by atoms with Crippen LogP contribution in [0.25, 0.3) is 10.2 Å². The van der Waals surface area contributed by atoms with Gasteiger partial charge in [-0.05, 0) is 23.6 Å². The summed E-state index contributed by atoms with van der Waals surface area (Å²) in [5.41, 5.74) is 1.02. The molecule has 3 heterocycles. The van der Waals surface area contributed by atoms with E-state index >= 15 is 0 Å². The Balaban J connectivity index is 1.98. The van der Waals surface area contributed by atoms with Crippen LogP contribution in [-0.2, 0) is 6.54 Å². The Labute approximate surface area is 121 Å². The van der Waals surface area contributed by atoms with E-state index in [0.717, 1.165) is 21.7 Å². The van der Waals surface area contributed by atoms with E-state index in [9.17, 15) is 0 Å². The van der Waals surface area contributed by atoms with Crippen molar-refractivity contribution in [1.29, 1.82) is 0 Å². The van der Waals surface area contributed by atoms with Crippen molar-refractivity contribution >= 4 is 33.3 Å². The van der Waals surface area contributed by atoms with Crippen molar-refractivity contribution in [2.24, 2.45) is 0 Å². The normalized spacial score (nSPS) is 10.7. The molecule has 0 fully saturated rings. The number of hydrogen-bond donors (Lipinski definition) is 1.